The van der Waals surface area contributed by atoms with Crippen LogP contribution in [0.1, 0.15) is 12.0 Å². The van der Waals surface area contributed by atoms with Gasteiger partial charge in [-0.25, -0.2) is 12.8 Å². The molecule has 1 saturated heterocycles. The average Bonchev–Trinajstić information content (AvgIpc) is 3.02. The van der Waals surface area contributed by atoms with Crippen LogP contribution < -0.4 is 4.90 Å². The Balaban J connectivity index is 1.66. The van der Waals surface area contributed by atoms with E-state index in [0.717, 1.165) is 0 Å². The maximum absolute atomic E-state index is 12.9. The molecule has 0 spiro atoms. The Morgan fingerprint density at radius 2 is 1.75 bits per heavy atom. The zero-order valence-corrected chi connectivity index (χ0v) is 15.9. The zero-order chi connectivity index (χ0) is 20.1. The highest BCUT2D eigenvalue weighted by molar-refractivity contribution is 7.91. The highest BCUT2D eigenvalue weighted by Crippen LogP contribution is 2.24. The van der Waals surface area contributed by atoms with Gasteiger partial charge < -0.3 is 9.64 Å². The van der Waals surface area contributed by atoms with E-state index in [4.69, 9.17) is 4.74 Å². The van der Waals surface area contributed by atoms with Crippen LogP contribution in [-0.2, 0) is 30.6 Å². The van der Waals surface area contributed by atoms with Gasteiger partial charge in [-0.15, -0.1) is 0 Å². The van der Waals surface area contributed by atoms with Crippen molar-refractivity contribution in [2.45, 2.75) is 18.9 Å². The van der Waals surface area contributed by atoms with Crippen LogP contribution in [0.25, 0.3) is 0 Å². The van der Waals surface area contributed by atoms with Gasteiger partial charge in [0.2, 0.25) is 0 Å². The molecule has 148 valence electrons. The third-order valence-corrected chi connectivity index (χ3v) is 6.25. The highest BCUT2D eigenvalue weighted by Gasteiger charge is 2.35. The van der Waals surface area contributed by atoms with E-state index in [1.165, 1.54) is 29.2 Å². The summed E-state index contributed by atoms with van der Waals surface area (Å²) in [5, 5.41) is 0. The Morgan fingerprint density at radius 3 is 2.36 bits per heavy atom. The first kappa shape index (κ1) is 20.0. The fraction of sp³-hybridized carbons (Fsp3) is 0.300. The lowest BCUT2D eigenvalue weighted by Crippen LogP contribution is -2.43. The molecule has 6 nitrogen and oxygen atoms in total. The van der Waals surface area contributed by atoms with E-state index in [2.05, 4.69) is 0 Å². The summed E-state index contributed by atoms with van der Waals surface area (Å²) in [4.78, 5) is 26.1. The van der Waals surface area contributed by atoms with E-state index >= 15 is 0 Å². The number of halogens is 1. The van der Waals surface area contributed by atoms with Crippen molar-refractivity contribution in [2.24, 2.45) is 0 Å². The number of para-hydroxylation sites is 1. The van der Waals surface area contributed by atoms with Gasteiger partial charge in [0.25, 0.3) is 5.91 Å². The van der Waals surface area contributed by atoms with E-state index in [-0.39, 0.29) is 17.9 Å². The summed E-state index contributed by atoms with van der Waals surface area (Å²) in [5.41, 5.74) is 1.13. The number of sulfone groups is 1. The second-order valence-electron chi connectivity index (χ2n) is 6.62. The van der Waals surface area contributed by atoms with Gasteiger partial charge in [0.1, 0.15) is 5.82 Å². The van der Waals surface area contributed by atoms with Crippen LogP contribution in [0.15, 0.2) is 54.6 Å². The van der Waals surface area contributed by atoms with Crippen molar-refractivity contribution in [3.8, 4) is 0 Å². The van der Waals surface area contributed by atoms with Crippen molar-refractivity contribution < 1.29 is 27.1 Å². The number of nitrogens with zero attached hydrogens (tertiary/aromatic N) is 1. The molecule has 1 amide bonds. The number of rotatable bonds is 6. The lowest BCUT2D eigenvalue weighted by molar-refractivity contribution is -0.147. The number of benzene rings is 2. The van der Waals surface area contributed by atoms with Crippen LogP contribution in [0, 0.1) is 5.82 Å². The second kappa shape index (κ2) is 8.52. The molecule has 3 rings (SSSR count). The number of hydrogen-bond acceptors (Lipinski definition) is 5. The van der Waals surface area contributed by atoms with Gasteiger partial charge in [-0.05, 0) is 36.2 Å². The van der Waals surface area contributed by atoms with Crippen molar-refractivity contribution in [1.82, 2.24) is 0 Å². The van der Waals surface area contributed by atoms with Gasteiger partial charge in [0.05, 0.1) is 24.0 Å². The van der Waals surface area contributed by atoms with Gasteiger partial charge in [0.15, 0.2) is 16.4 Å². The van der Waals surface area contributed by atoms with Crippen LogP contribution in [0.3, 0.4) is 0 Å². The van der Waals surface area contributed by atoms with Crippen molar-refractivity contribution in [3.63, 3.8) is 0 Å². The van der Waals surface area contributed by atoms with Crippen LogP contribution in [0.4, 0.5) is 10.1 Å². The first-order valence-corrected chi connectivity index (χ1v) is 10.6. The van der Waals surface area contributed by atoms with Gasteiger partial charge in [-0.2, -0.15) is 0 Å². The molecule has 1 aliphatic rings. The number of hydrogen-bond donors (Lipinski definition) is 0. The van der Waals surface area contributed by atoms with Crippen molar-refractivity contribution >= 4 is 27.4 Å². The molecule has 28 heavy (non-hydrogen) atoms. The molecular weight excluding hydrogens is 385 g/mol. The first-order valence-electron chi connectivity index (χ1n) is 8.82. The molecule has 0 saturated carbocycles. The number of ether oxygens (including phenoxy) is 1. The number of carbonyl (C=O) groups is 2. The summed E-state index contributed by atoms with van der Waals surface area (Å²) >= 11 is 0. The lowest BCUT2D eigenvalue weighted by atomic mass is 10.1. The molecule has 0 unspecified atom stereocenters. The quantitative estimate of drug-likeness (QED) is 0.688. The molecule has 1 heterocycles. The van der Waals surface area contributed by atoms with E-state index < -0.39 is 40.2 Å². The number of amides is 1. The molecule has 0 radical (unpaired) electrons. The monoisotopic (exact) mass is 405 g/mol. The summed E-state index contributed by atoms with van der Waals surface area (Å²) in [5.74, 6) is -1.60. The SMILES string of the molecule is O=C(Cc1ccc(F)cc1)OCC(=O)N(c1ccccc1)[C@@H]1CCS(=O)(=O)C1. The van der Waals surface area contributed by atoms with E-state index in [1.807, 2.05) is 0 Å². The van der Waals surface area contributed by atoms with Gasteiger partial charge in [0, 0.05) is 5.69 Å². The van der Waals surface area contributed by atoms with Crippen LogP contribution >= 0.6 is 0 Å². The summed E-state index contributed by atoms with van der Waals surface area (Å²) in [7, 11) is -3.19. The van der Waals surface area contributed by atoms with Crippen LogP contribution in [0.5, 0.6) is 0 Å². The van der Waals surface area contributed by atoms with Gasteiger partial charge in [-0.3, -0.25) is 9.59 Å². The predicted molar refractivity (Wildman–Crippen MR) is 102 cm³/mol. The topological polar surface area (TPSA) is 80.8 Å². The molecule has 1 aliphatic heterocycles. The predicted octanol–water partition coefficient (Wildman–Crippen LogP) is 2.13. The number of carbonyl (C=O) groups excluding carboxylic acids is 2. The van der Waals surface area contributed by atoms with E-state index in [0.29, 0.717) is 17.7 Å². The molecule has 2 aromatic rings. The fourth-order valence-corrected chi connectivity index (χ4v) is 4.86. The van der Waals surface area contributed by atoms with Crippen molar-refractivity contribution in [2.75, 3.05) is 23.0 Å². The first-order chi connectivity index (χ1) is 13.3. The highest BCUT2D eigenvalue weighted by atomic mass is 32.2. The third-order valence-electron chi connectivity index (χ3n) is 4.49. The summed E-state index contributed by atoms with van der Waals surface area (Å²) < 4.78 is 41.7. The Labute approximate surface area is 162 Å². The van der Waals surface area contributed by atoms with Gasteiger partial charge >= 0.3 is 5.97 Å². The van der Waals surface area contributed by atoms with Crippen molar-refractivity contribution in [1.29, 1.82) is 0 Å². The Bertz CT molecular complexity index is 944. The standard InChI is InChI=1S/C20H20FNO5S/c21-16-8-6-15(7-9-16)12-20(24)27-13-19(23)22(17-4-2-1-3-5-17)18-10-11-28(25,26)14-18/h1-9,18H,10-14H2/t18-/m1/s1. The Hall–Kier alpha value is -2.74. The summed E-state index contributed by atoms with van der Waals surface area (Å²) in [6.07, 6.45) is 0.253. The molecule has 0 bridgehead atoms. The average molecular weight is 405 g/mol. The largest absolute Gasteiger partial charge is 0.455 e. The van der Waals surface area contributed by atoms with Crippen LogP contribution in [-0.4, -0.2) is 44.4 Å². The number of esters is 1. The summed E-state index contributed by atoms with van der Waals surface area (Å²) in [6.45, 7) is -0.495. The molecule has 2 aromatic carbocycles. The molecule has 0 aliphatic carbocycles. The Kier molecular flexibility index (Phi) is 6.08. The number of anilines is 1. The van der Waals surface area contributed by atoms with Crippen LogP contribution in [0.2, 0.25) is 0 Å². The molecule has 1 atom stereocenters. The second-order valence-corrected chi connectivity index (χ2v) is 8.85. The molecule has 8 heteroatoms. The maximum atomic E-state index is 12.9. The molecule has 0 aromatic heterocycles. The lowest BCUT2D eigenvalue weighted by Gasteiger charge is -2.28. The molecule has 0 N–H and O–H groups in total. The molecular formula is C20H20FNO5S. The van der Waals surface area contributed by atoms with Crippen molar-refractivity contribution in [3.05, 3.63) is 66.0 Å². The maximum Gasteiger partial charge on any atom is 0.310 e. The normalized spacial score (nSPS) is 17.8. The van der Waals surface area contributed by atoms with E-state index in [9.17, 15) is 22.4 Å². The Morgan fingerprint density at radius 1 is 1.07 bits per heavy atom. The summed E-state index contributed by atoms with van der Waals surface area (Å²) in [6, 6.07) is 13.6. The minimum atomic E-state index is -3.19. The minimum Gasteiger partial charge on any atom is -0.455 e. The zero-order valence-electron chi connectivity index (χ0n) is 15.1. The van der Waals surface area contributed by atoms with E-state index in [1.54, 1.807) is 30.3 Å². The smallest absolute Gasteiger partial charge is 0.310 e. The molecule has 1 fully saturated rings. The minimum absolute atomic E-state index is 0.0264. The van der Waals surface area contributed by atoms with Gasteiger partial charge in [-0.1, -0.05) is 30.3 Å². The third kappa shape index (κ3) is 5.16. The fourth-order valence-electron chi connectivity index (χ4n) is 3.16.